The molecular formula is C20H24N2O3S. The molecule has 3 heterocycles. The van der Waals surface area contributed by atoms with E-state index in [1.54, 1.807) is 0 Å². The number of carbonyl (C=O) groups is 1. The van der Waals surface area contributed by atoms with Gasteiger partial charge in [0, 0.05) is 24.3 Å². The van der Waals surface area contributed by atoms with Gasteiger partial charge in [-0.1, -0.05) is 11.8 Å². The van der Waals surface area contributed by atoms with Crippen LogP contribution in [0.2, 0.25) is 0 Å². The Morgan fingerprint density at radius 2 is 2.23 bits per heavy atom. The van der Waals surface area contributed by atoms with Gasteiger partial charge in [-0.3, -0.25) is 4.79 Å². The van der Waals surface area contributed by atoms with Crippen LogP contribution in [-0.4, -0.2) is 40.4 Å². The number of aryl methyl sites for hydroxylation is 1. The number of ketones is 1. The molecule has 1 aromatic heterocycles. The minimum Gasteiger partial charge on any atom is -0.493 e. The Labute approximate surface area is 158 Å². The lowest BCUT2D eigenvalue weighted by molar-refractivity contribution is 0.0945. The Morgan fingerprint density at radius 3 is 3.04 bits per heavy atom. The average molecular weight is 372 g/mol. The van der Waals surface area contributed by atoms with E-state index in [0.717, 1.165) is 65.8 Å². The van der Waals surface area contributed by atoms with E-state index in [2.05, 4.69) is 16.5 Å². The lowest BCUT2D eigenvalue weighted by atomic mass is 10.1. The molecule has 26 heavy (non-hydrogen) atoms. The molecule has 1 aromatic carbocycles. The number of thioether (sulfide) groups is 1. The van der Waals surface area contributed by atoms with Crippen molar-refractivity contribution in [1.82, 2.24) is 9.55 Å². The standard InChI is InChI=1S/C20H24N2O3S/c1-13-14(2)22(11-17-4-3-8-24-17)20(21-13)26-12-18(23)15-5-6-19-16(10-15)7-9-25-19/h5-6,10,17H,3-4,7-9,11-12H2,1-2H3. The fraction of sp³-hybridized carbons (Fsp3) is 0.500. The first-order valence-electron chi connectivity index (χ1n) is 9.19. The van der Waals surface area contributed by atoms with Crippen LogP contribution in [0.3, 0.4) is 0 Å². The van der Waals surface area contributed by atoms with Crippen LogP contribution < -0.4 is 4.74 Å². The van der Waals surface area contributed by atoms with Crippen molar-refractivity contribution in [3.05, 3.63) is 40.7 Å². The molecule has 1 fully saturated rings. The lowest BCUT2D eigenvalue weighted by Gasteiger charge is -2.14. The molecule has 2 aliphatic heterocycles. The van der Waals surface area contributed by atoms with Gasteiger partial charge in [0.15, 0.2) is 10.9 Å². The van der Waals surface area contributed by atoms with Gasteiger partial charge in [-0.15, -0.1) is 0 Å². The maximum atomic E-state index is 12.6. The number of ether oxygens (including phenoxy) is 2. The molecule has 6 heteroatoms. The predicted octanol–water partition coefficient (Wildman–Crippen LogP) is 3.59. The van der Waals surface area contributed by atoms with Gasteiger partial charge in [0.2, 0.25) is 0 Å². The highest BCUT2D eigenvalue weighted by Crippen LogP contribution is 2.28. The normalized spacial score (nSPS) is 18.8. The summed E-state index contributed by atoms with van der Waals surface area (Å²) in [6.45, 7) is 6.48. The third kappa shape index (κ3) is 3.53. The van der Waals surface area contributed by atoms with E-state index in [1.807, 2.05) is 25.1 Å². The van der Waals surface area contributed by atoms with Gasteiger partial charge in [-0.25, -0.2) is 4.98 Å². The first-order valence-corrected chi connectivity index (χ1v) is 10.2. The number of imidazole rings is 1. The zero-order chi connectivity index (χ0) is 18.1. The second-order valence-corrected chi connectivity index (χ2v) is 7.89. The first-order chi connectivity index (χ1) is 12.6. The number of benzene rings is 1. The van der Waals surface area contributed by atoms with Gasteiger partial charge in [0.25, 0.3) is 0 Å². The highest BCUT2D eigenvalue weighted by Gasteiger charge is 2.21. The average Bonchev–Trinajstić information content (AvgIpc) is 3.37. The van der Waals surface area contributed by atoms with Crippen LogP contribution in [0.25, 0.3) is 0 Å². The summed E-state index contributed by atoms with van der Waals surface area (Å²) in [7, 11) is 0. The number of aromatic nitrogens is 2. The van der Waals surface area contributed by atoms with E-state index in [-0.39, 0.29) is 11.9 Å². The molecular weight excluding hydrogens is 348 g/mol. The fourth-order valence-corrected chi connectivity index (χ4v) is 4.51. The van der Waals surface area contributed by atoms with Crippen molar-refractivity contribution in [2.45, 2.75) is 50.9 Å². The SMILES string of the molecule is Cc1nc(SCC(=O)c2ccc3c(c2)CCO3)n(CC2CCCO2)c1C. The maximum absolute atomic E-state index is 12.6. The molecule has 0 spiro atoms. The minimum atomic E-state index is 0.131. The fourth-order valence-electron chi connectivity index (χ4n) is 3.51. The third-order valence-electron chi connectivity index (χ3n) is 5.18. The molecule has 0 radical (unpaired) electrons. The topological polar surface area (TPSA) is 53.3 Å². The number of carbonyl (C=O) groups excluding carboxylic acids is 1. The van der Waals surface area contributed by atoms with E-state index >= 15 is 0 Å². The number of rotatable bonds is 6. The summed E-state index contributed by atoms with van der Waals surface area (Å²) in [6.07, 6.45) is 3.36. The molecule has 5 nitrogen and oxygen atoms in total. The van der Waals surface area contributed by atoms with Gasteiger partial charge in [0.05, 0.1) is 30.7 Å². The van der Waals surface area contributed by atoms with E-state index in [9.17, 15) is 4.79 Å². The number of fused-ring (bicyclic) bond motifs is 1. The van der Waals surface area contributed by atoms with Gasteiger partial charge in [0.1, 0.15) is 5.75 Å². The molecule has 2 aromatic rings. The molecule has 138 valence electrons. The molecule has 0 N–H and O–H groups in total. The summed E-state index contributed by atoms with van der Waals surface area (Å²) in [5.41, 5.74) is 4.07. The number of hydrogen-bond acceptors (Lipinski definition) is 5. The molecule has 1 saturated heterocycles. The second-order valence-electron chi connectivity index (χ2n) is 6.94. The number of hydrogen-bond donors (Lipinski definition) is 0. The van der Waals surface area contributed by atoms with Gasteiger partial charge >= 0.3 is 0 Å². The largest absolute Gasteiger partial charge is 0.493 e. The monoisotopic (exact) mass is 372 g/mol. The van der Waals surface area contributed by atoms with Crippen LogP contribution in [0.15, 0.2) is 23.4 Å². The minimum absolute atomic E-state index is 0.131. The molecule has 0 amide bonds. The molecule has 0 aliphatic carbocycles. The van der Waals surface area contributed by atoms with Crippen LogP contribution in [-0.2, 0) is 17.7 Å². The quantitative estimate of drug-likeness (QED) is 0.573. The van der Waals surface area contributed by atoms with Crippen molar-refractivity contribution in [3.8, 4) is 5.75 Å². The highest BCUT2D eigenvalue weighted by molar-refractivity contribution is 7.99. The summed E-state index contributed by atoms with van der Waals surface area (Å²) in [6, 6.07) is 5.75. The summed E-state index contributed by atoms with van der Waals surface area (Å²) in [5, 5.41) is 0.911. The van der Waals surface area contributed by atoms with Crippen LogP contribution in [0.5, 0.6) is 5.75 Å². The van der Waals surface area contributed by atoms with Gasteiger partial charge in [-0.2, -0.15) is 0 Å². The summed E-state index contributed by atoms with van der Waals surface area (Å²) < 4.78 is 13.5. The van der Waals surface area contributed by atoms with Crippen LogP contribution in [0.1, 0.15) is 40.2 Å². The van der Waals surface area contributed by atoms with Crippen molar-refractivity contribution in [2.24, 2.45) is 0 Å². The summed E-state index contributed by atoms with van der Waals surface area (Å²) >= 11 is 1.52. The van der Waals surface area contributed by atoms with E-state index < -0.39 is 0 Å². The van der Waals surface area contributed by atoms with Crippen molar-refractivity contribution in [2.75, 3.05) is 19.0 Å². The Kier molecular flexibility index (Phi) is 5.05. The Bertz CT molecular complexity index is 825. The third-order valence-corrected chi connectivity index (χ3v) is 6.15. The van der Waals surface area contributed by atoms with Gasteiger partial charge in [-0.05, 0) is 50.5 Å². The molecule has 0 bridgehead atoms. The molecule has 2 aliphatic rings. The van der Waals surface area contributed by atoms with Crippen molar-refractivity contribution in [1.29, 1.82) is 0 Å². The molecule has 4 rings (SSSR count). The molecule has 0 saturated carbocycles. The zero-order valence-corrected chi connectivity index (χ0v) is 16.1. The maximum Gasteiger partial charge on any atom is 0.173 e. The Hall–Kier alpha value is -1.79. The second kappa shape index (κ2) is 7.45. The van der Waals surface area contributed by atoms with Crippen molar-refractivity contribution in [3.63, 3.8) is 0 Å². The smallest absolute Gasteiger partial charge is 0.173 e. The highest BCUT2D eigenvalue weighted by atomic mass is 32.2. The lowest BCUT2D eigenvalue weighted by Crippen LogP contribution is -2.17. The number of nitrogens with zero attached hydrogens (tertiary/aromatic N) is 2. The number of Topliss-reactive ketones (excluding diaryl/α,β-unsaturated/α-hetero) is 1. The first kappa shape index (κ1) is 17.6. The van der Waals surface area contributed by atoms with E-state index in [1.165, 1.54) is 11.8 Å². The van der Waals surface area contributed by atoms with Crippen molar-refractivity contribution >= 4 is 17.5 Å². The Morgan fingerprint density at radius 1 is 1.35 bits per heavy atom. The summed E-state index contributed by atoms with van der Waals surface area (Å²) in [5.74, 6) is 1.43. The van der Waals surface area contributed by atoms with Crippen LogP contribution in [0, 0.1) is 13.8 Å². The summed E-state index contributed by atoms with van der Waals surface area (Å²) in [4.78, 5) is 17.3. The van der Waals surface area contributed by atoms with Gasteiger partial charge < -0.3 is 14.0 Å². The zero-order valence-electron chi connectivity index (χ0n) is 15.3. The van der Waals surface area contributed by atoms with Crippen LogP contribution >= 0.6 is 11.8 Å². The van der Waals surface area contributed by atoms with Crippen LogP contribution in [0.4, 0.5) is 0 Å². The van der Waals surface area contributed by atoms with E-state index in [4.69, 9.17) is 9.47 Å². The Balaban J connectivity index is 1.45. The predicted molar refractivity (Wildman–Crippen MR) is 101 cm³/mol. The van der Waals surface area contributed by atoms with Crippen molar-refractivity contribution < 1.29 is 14.3 Å². The molecule has 1 unspecified atom stereocenters. The van der Waals surface area contributed by atoms with E-state index in [0.29, 0.717) is 12.4 Å². The molecule has 1 atom stereocenters.